The van der Waals surface area contributed by atoms with Gasteiger partial charge in [-0.2, -0.15) is 0 Å². The highest BCUT2D eigenvalue weighted by atomic mass is 35.5. The summed E-state index contributed by atoms with van der Waals surface area (Å²) in [5.41, 5.74) is 0.763. The molecule has 0 saturated carbocycles. The maximum Gasteiger partial charge on any atom is 0.224 e. The molecule has 0 aliphatic rings. The van der Waals surface area contributed by atoms with Crippen LogP contribution in [-0.4, -0.2) is 18.2 Å². The van der Waals surface area contributed by atoms with Crippen LogP contribution in [0.5, 0.6) is 0 Å². The average molecular weight is 288 g/mol. The van der Waals surface area contributed by atoms with Crippen molar-refractivity contribution in [3.8, 4) is 0 Å². The largest absolute Gasteiger partial charge is 0.349 e. The predicted molar refractivity (Wildman–Crippen MR) is 73.0 cm³/mol. The van der Waals surface area contributed by atoms with Gasteiger partial charge in [-0.25, -0.2) is 0 Å². The Labute approximate surface area is 116 Å². The summed E-state index contributed by atoms with van der Waals surface area (Å²) in [6, 6.07) is 5.03. The van der Waals surface area contributed by atoms with Crippen LogP contribution in [0.2, 0.25) is 10.0 Å². The van der Waals surface area contributed by atoms with E-state index in [1.165, 1.54) is 0 Å². The first-order valence-corrected chi connectivity index (χ1v) is 6.39. The van der Waals surface area contributed by atoms with E-state index in [0.717, 1.165) is 5.56 Å². The van der Waals surface area contributed by atoms with E-state index in [4.69, 9.17) is 23.2 Å². The molecule has 98 valence electrons. The smallest absolute Gasteiger partial charge is 0.224 e. The van der Waals surface area contributed by atoms with E-state index in [1.54, 1.807) is 32.0 Å². The maximum atomic E-state index is 11.6. The van der Waals surface area contributed by atoms with Crippen LogP contribution in [0.1, 0.15) is 19.4 Å². The number of carbonyl (C=O) groups excluding carboxylic acids is 2. The minimum atomic E-state index is -0.206. The van der Waals surface area contributed by atoms with Crippen LogP contribution >= 0.6 is 23.2 Å². The standard InChI is InChI=1S/C13H15Cl2NO2/c1-8(2)12(17)7-16-13(18)6-9-3-4-10(14)11(15)5-9/h3-5,8H,6-7H2,1-2H3,(H,16,18). The zero-order valence-electron chi connectivity index (χ0n) is 10.3. The zero-order valence-corrected chi connectivity index (χ0v) is 11.8. The van der Waals surface area contributed by atoms with Gasteiger partial charge in [-0.3, -0.25) is 9.59 Å². The Morgan fingerprint density at radius 2 is 1.89 bits per heavy atom. The first-order valence-electron chi connectivity index (χ1n) is 5.63. The van der Waals surface area contributed by atoms with E-state index < -0.39 is 0 Å². The molecule has 0 saturated heterocycles. The summed E-state index contributed by atoms with van der Waals surface area (Å²) >= 11 is 11.6. The Hall–Kier alpha value is -1.06. The number of ketones is 1. The van der Waals surface area contributed by atoms with Crippen molar-refractivity contribution < 1.29 is 9.59 Å². The van der Waals surface area contributed by atoms with Crippen molar-refractivity contribution in [2.24, 2.45) is 5.92 Å². The van der Waals surface area contributed by atoms with E-state index in [0.29, 0.717) is 10.0 Å². The van der Waals surface area contributed by atoms with E-state index in [9.17, 15) is 9.59 Å². The number of amides is 1. The third-order valence-corrected chi connectivity index (χ3v) is 3.19. The molecule has 0 spiro atoms. The average Bonchev–Trinajstić information content (AvgIpc) is 2.30. The molecule has 0 aliphatic carbocycles. The molecule has 0 atom stereocenters. The van der Waals surface area contributed by atoms with Crippen molar-refractivity contribution in [1.29, 1.82) is 0 Å². The molecule has 0 aromatic heterocycles. The quantitative estimate of drug-likeness (QED) is 0.905. The second kappa shape index (κ2) is 6.76. The van der Waals surface area contributed by atoms with Gasteiger partial charge in [0.2, 0.25) is 5.91 Å². The minimum Gasteiger partial charge on any atom is -0.349 e. The van der Waals surface area contributed by atoms with E-state index >= 15 is 0 Å². The Bertz CT molecular complexity index is 458. The summed E-state index contributed by atoms with van der Waals surface area (Å²) in [5.74, 6) is -0.268. The summed E-state index contributed by atoms with van der Waals surface area (Å²) in [6.07, 6.45) is 0.183. The lowest BCUT2D eigenvalue weighted by molar-refractivity contribution is -0.126. The molecular formula is C13H15Cl2NO2. The van der Waals surface area contributed by atoms with Crippen LogP contribution in [0.4, 0.5) is 0 Å². The van der Waals surface area contributed by atoms with Crippen LogP contribution in [0, 0.1) is 5.92 Å². The van der Waals surface area contributed by atoms with Gasteiger partial charge in [0.25, 0.3) is 0 Å². The van der Waals surface area contributed by atoms with E-state index in [2.05, 4.69) is 5.32 Å². The fraction of sp³-hybridized carbons (Fsp3) is 0.385. The van der Waals surface area contributed by atoms with Gasteiger partial charge in [-0.05, 0) is 17.7 Å². The highest BCUT2D eigenvalue weighted by molar-refractivity contribution is 6.42. The van der Waals surface area contributed by atoms with Crippen LogP contribution in [0.25, 0.3) is 0 Å². The third-order valence-electron chi connectivity index (χ3n) is 2.45. The number of rotatable bonds is 5. The molecule has 1 amide bonds. The van der Waals surface area contributed by atoms with Gasteiger partial charge in [-0.15, -0.1) is 0 Å². The second-order valence-corrected chi connectivity index (χ2v) is 5.14. The number of carbonyl (C=O) groups is 2. The number of hydrogen-bond donors (Lipinski definition) is 1. The lowest BCUT2D eigenvalue weighted by atomic mass is 10.1. The summed E-state index contributed by atoms with van der Waals surface area (Å²) in [7, 11) is 0. The molecule has 0 bridgehead atoms. The van der Waals surface area contributed by atoms with Gasteiger partial charge >= 0.3 is 0 Å². The molecule has 0 heterocycles. The summed E-state index contributed by atoms with van der Waals surface area (Å²) in [5, 5.41) is 3.45. The maximum absolute atomic E-state index is 11.6. The fourth-order valence-electron chi connectivity index (χ4n) is 1.29. The highest BCUT2D eigenvalue weighted by Gasteiger charge is 2.10. The van der Waals surface area contributed by atoms with Gasteiger partial charge in [0.15, 0.2) is 5.78 Å². The van der Waals surface area contributed by atoms with Gasteiger partial charge in [0, 0.05) is 5.92 Å². The lowest BCUT2D eigenvalue weighted by Crippen LogP contribution is -2.32. The highest BCUT2D eigenvalue weighted by Crippen LogP contribution is 2.22. The SMILES string of the molecule is CC(C)C(=O)CNC(=O)Cc1ccc(Cl)c(Cl)c1. The molecule has 5 heteroatoms. The van der Waals surface area contributed by atoms with Crippen molar-refractivity contribution in [3.05, 3.63) is 33.8 Å². The molecule has 0 fully saturated rings. The van der Waals surface area contributed by atoms with Gasteiger partial charge < -0.3 is 5.32 Å². The molecular weight excluding hydrogens is 273 g/mol. The Morgan fingerprint density at radius 3 is 2.44 bits per heavy atom. The van der Waals surface area contributed by atoms with Crippen molar-refractivity contribution in [3.63, 3.8) is 0 Å². The molecule has 0 unspecified atom stereocenters. The monoisotopic (exact) mass is 287 g/mol. The number of benzene rings is 1. The molecule has 1 N–H and O–H groups in total. The molecule has 1 aromatic rings. The van der Waals surface area contributed by atoms with Crippen LogP contribution < -0.4 is 5.32 Å². The molecule has 1 rings (SSSR count). The molecule has 18 heavy (non-hydrogen) atoms. The van der Waals surface area contributed by atoms with E-state index in [1.807, 2.05) is 0 Å². The van der Waals surface area contributed by atoms with Gasteiger partial charge in [0.1, 0.15) is 0 Å². The molecule has 0 aliphatic heterocycles. The molecule has 1 aromatic carbocycles. The number of halogens is 2. The van der Waals surface area contributed by atoms with Gasteiger partial charge in [0.05, 0.1) is 23.0 Å². The first kappa shape index (κ1) is 15.0. The third kappa shape index (κ3) is 4.67. The van der Waals surface area contributed by atoms with Crippen molar-refractivity contribution in [1.82, 2.24) is 5.32 Å². The Kier molecular flexibility index (Phi) is 5.63. The normalized spacial score (nSPS) is 10.5. The van der Waals surface area contributed by atoms with Crippen LogP contribution in [-0.2, 0) is 16.0 Å². The lowest BCUT2D eigenvalue weighted by Gasteiger charge is -2.07. The van der Waals surface area contributed by atoms with Gasteiger partial charge in [-0.1, -0.05) is 43.1 Å². The fourth-order valence-corrected chi connectivity index (χ4v) is 1.61. The number of hydrogen-bond acceptors (Lipinski definition) is 2. The zero-order chi connectivity index (χ0) is 13.7. The Morgan fingerprint density at radius 1 is 1.22 bits per heavy atom. The predicted octanol–water partition coefficient (Wildman–Crippen LogP) is 2.88. The van der Waals surface area contributed by atoms with Crippen molar-refractivity contribution >= 4 is 34.9 Å². The minimum absolute atomic E-state index is 0.0116. The summed E-state index contributed by atoms with van der Waals surface area (Å²) in [6.45, 7) is 3.67. The summed E-state index contributed by atoms with van der Waals surface area (Å²) < 4.78 is 0. The van der Waals surface area contributed by atoms with Crippen LogP contribution in [0.3, 0.4) is 0 Å². The van der Waals surface area contributed by atoms with E-state index in [-0.39, 0.29) is 30.6 Å². The molecule has 3 nitrogen and oxygen atoms in total. The van der Waals surface area contributed by atoms with Crippen LogP contribution in [0.15, 0.2) is 18.2 Å². The molecule has 0 radical (unpaired) electrons. The summed E-state index contributed by atoms with van der Waals surface area (Å²) in [4.78, 5) is 22.9. The first-order chi connectivity index (χ1) is 8.40. The van der Waals surface area contributed by atoms with Crippen molar-refractivity contribution in [2.45, 2.75) is 20.3 Å². The number of nitrogens with one attached hydrogen (secondary N) is 1. The number of Topliss-reactive ketones (excluding diaryl/α,β-unsaturated/α-hetero) is 1. The topological polar surface area (TPSA) is 46.2 Å². The second-order valence-electron chi connectivity index (χ2n) is 4.32. The Balaban J connectivity index is 2.49. The van der Waals surface area contributed by atoms with Crippen molar-refractivity contribution in [2.75, 3.05) is 6.54 Å².